The highest BCUT2D eigenvalue weighted by Gasteiger charge is 2.24. The maximum Gasteiger partial charge on any atom is 0.191 e. The molecule has 3 rings (SSSR count). The molecule has 2 fully saturated rings. The molecule has 2 saturated heterocycles. The number of hydrogen-bond acceptors (Lipinski definition) is 4. The van der Waals surface area contributed by atoms with Crippen LogP contribution in [0.1, 0.15) is 31.7 Å². The van der Waals surface area contributed by atoms with Crippen LogP contribution in [-0.2, 0) is 11.3 Å². The molecule has 2 N–H and O–H groups in total. The molecule has 2 heterocycles. The number of nitrogens with zero attached hydrogens (tertiary/aromatic N) is 3. The summed E-state index contributed by atoms with van der Waals surface area (Å²) >= 11 is 0. The summed E-state index contributed by atoms with van der Waals surface area (Å²) in [7, 11) is 4.05. The van der Waals surface area contributed by atoms with E-state index in [9.17, 15) is 0 Å². The minimum atomic E-state index is 0.421. The van der Waals surface area contributed by atoms with Gasteiger partial charge in [0.1, 0.15) is 0 Å². The molecule has 6 heteroatoms. The van der Waals surface area contributed by atoms with Crippen LogP contribution in [0.4, 0.5) is 0 Å². The normalized spacial score (nSPS) is 22.8. The lowest BCUT2D eigenvalue weighted by molar-refractivity contribution is 0.150. The van der Waals surface area contributed by atoms with Crippen molar-refractivity contribution < 1.29 is 4.74 Å². The molecule has 0 spiro atoms. The van der Waals surface area contributed by atoms with Gasteiger partial charge in [-0.2, -0.15) is 0 Å². The van der Waals surface area contributed by atoms with E-state index in [2.05, 4.69) is 69.7 Å². The van der Waals surface area contributed by atoms with E-state index in [4.69, 9.17) is 4.74 Å². The fourth-order valence-electron chi connectivity index (χ4n) is 4.17. The van der Waals surface area contributed by atoms with Gasteiger partial charge in [0.2, 0.25) is 0 Å². The molecule has 2 aliphatic rings. The minimum absolute atomic E-state index is 0.421. The highest BCUT2D eigenvalue weighted by molar-refractivity contribution is 5.80. The molecule has 0 bridgehead atoms. The van der Waals surface area contributed by atoms with Crippen LogP contribution in [0, 0.1) is 5.92 Å². The SMILES string of the molecule is CN=C(NCC(C)N(C)Cc1ccccc1)NC1CCN(CC2CCOC2)CC1. The van der Waals surface area contributed by atoms with Crippen LogP contribution in [0.3, 0.4) is 0 Å². The van der Waals surface area contributed by atoms with Crippen molar-refractivity contribution in [2.24, 2.45) is 10.9 Å². The molecule has 0 aliphatic carbocycles. The number of guanidine groups is 1. The lowest BCUT2D eigenvalue weighted by Crippen LogP contribution is -2.51. The maximum absolute atomic E-state index is 5.52. The second-order valence-electron chi connectivity index (χ2n) is 8.65. The monoisotopic (exact) mass is 401 g/mol. The van der Waals surface area contributed by atoms with E-state index in [0.717, 1.165) is 38.2 Å². The van der Waals surface area contributed by atoms with Crippen molar-refractivity contribution in [1.82, 2.24) is 20.4 Å². The molecule has 162 valence electrons. The first-order valence-corrected chi connectivity index (χ1v) is 11.2. The third-order valence-electron chi connectivity index (χ3n) is 6.28. The van der Waals surface area contributed by atoms with E-state index < -0.39 is 0 Å². The van der Waals surface area contributed by atoms with E-state index >= 15 is 0 Å². The lowest BCUT2D eigenvalue weighted by Gasteiger charge is -2.34. The molecule has 2 unspecified atom stereocenters. The highest BCUT2D eigenvalue weighted by atomic mass is 16.5. The Labute approximate surface area is 176 Å². The van der Waals surface area contributed by atoms with Crippen LogP contribution in [0.2, 0.25) is 0 Å². The van der Waals surface area contributed by atoms with Crippen molar-refractivity contribution in [2.45, 2.75) is 44.8 Å². The molecular formula is C23H39N5O. The summed E-state index contributed by atoms with van der Waals surface area (Å²) in [5, 5.41) is 7.15. The van der Waals surface area contributed by atoms with E-state index in [1.54, 1.807) is 0 Å². The average molecular weight is 402 g/mol. The van der Waals surface area contributed by atoms with E-state index in [0.29, 0.717) is 12.1 Å². The van der Waals surface area contributed by atoms with Crippen LogP contribution in [-0.4, -0.2) is 81.3 Å². The highest BCUT2D eigenvalue weighted by Crippen LogP contribution is 2.17. The van der Waals surface area contributed by atoms with Crippen LogP contribution >= 0.6 is 0 Å². The van der Waals surface area contributed by atoms with Crippen molar-refractivity contribution in [3.63, 3.8) is 0 Å². The molecule has 0 saturated carbocycles. The molecule has 6 nitrogen and oxygen atoms in total. The summed E-state index contributed by atoms with van der Waals surface area (Å²) < 4.78 is 5.52. The summed E-state index contributed by atoms with van der Waals surface area (Å²) in [6.07, 6.45) is 3.58. The fourth-order valence-corrected chi connectivity index (χ4v) is 4.17. The quantitative estimate of drug-likeness (QED) is 0.517. The van der Waals surface area contributed by atoms with Crippen LogP contribution < -0.4 is 10.6 Å². The Kier molecular flexibility index (Phi) is 8.77. The van der Waals surface area contributed by atoms with Gasteiger partial charge >= 0.3 is 0 Å². The number of likely N-dealkylation sites (tertiary alicyclic amines) is 1. The summed E-state index contributed by atoms with van der Waals surface area (Å²) in [6.45, 7) is 9.53. The van der Waals surface area contributed by atoms with E-state index in [1.807, 2.05) is 7.05 Å². The van der Waals surface area contributed by atoms with Gasteiger partial charge in [-0.05, 0) is 44.7 Å². The van der Waals surface area contributed by atoms with Gasteiger partial charge in [0.15, 0.2) is 5.96 Å². The summed E-state index contributed by atoms with van der Waals surface area (Å²) in [5.74, 6) is 1.66. The van der Waals surface area contributed by atoms with Crippen molar-refractivity contribution in [3.8, 4) is 0 Å². The number of aliphatic imine (C=N–C) groups is 1. The molecule has 1 aromatic carbocycles. The first kappa shape index (κ1) is 22.1. The van der Waals surface area contributed by atoms with Gasteiger partial charge < -0.3 is 20.3 Å². The van der Waals surface area contributed by atoms with Gasteiger partial charge in [-0.15, -0.1) is 0 Å². The van der Waals surface area contributed by atoms with Gasteiger partial charge in [0.25, 0.3) is 0 Å². The number of ether oxygens (including phenoxy) is 1. The number of benzene rings is 1. The maximum atomic E-state index is 5.52. The van der Waals surface area contributed by atoms with Gasteiger partial charge in [0.05, 0.1) is 6.61 Å². The molecule has 2 atom stereocenters. The number of hydrogen-bond donors (Lipinski definition) is 2. The zero-order valence-electron chi connectivity index (χ0n) is 18.4. The summed E-state index contributed by atoms with van der Waals surface area (Å²) in [4.78, 5) is 9.43. The fraction of sp³-hybridized carbons (Fsp3) is 0.696. The molecule has 0 aromatic heterocycles. The van der Waals surface area contributed by atoms with Crippen LogP contribution in [0.5, 0.6) is 0 Å². The summed E-state index contributed by atoms with van der Waals surface area (Å²) in [5.41, 5.74) is 1.35. The van der Waals surface area contributed by atoms with Crippen molar-refractivity contribution in [2.75, 3.05) is 53.5 Å². The lowest BCUT2D eigenvalue weighted by atomic mass is 10.0. The molecule has 29 heavy (non-hydrogen) atoms. The smallest absolute Gasteiger partial charge is 0.191 e. The predicted molar refractivity (Wildman–Crippen MR) is 120 cm³/mol. The van der Waals surface area contributed by atoms with Crippen LogP contribution in [0.15, 0.2) is 35.3 Å². The Morgan fingerprint density at radius 1 is 1.24 bits per heavy atom. The number of piperidine rings is 1. The largest absolute Gasteiger partial charge is 0.381 e. The third-order valence-corrected chi connectivity index (χ3v) is 6.28. The second kappa shape index (κ2) is 11.5. The zero-order valence-corrected chi connectivity index (χ0v) is 18.4. The average Bonchev–Trinajstić information content (AvgIpc) is 3.26. The first-order valence-electron chi connectivity index (χ1n) is 11.2. The molecular weight excluding hydrogens is 362 g/mol. The van der Waals surface area contributed by atoms with Gasteiger partial charge in [0, 0.05) is 58.5 Å². The Hall–Kier alpha value is -1.63. The number of nitrogens with one attached hydrogen (secondary N) is 2. The molecule has 0 amide bonds. The number of likely N-dealkylation sites (N-methyl/N-ethyl adjacent to an activating group) is 1. The molecule has 2 aliphatic heterocycles. The minimum Gasteiger partial charge on any atom is -0.381 e. The second-order valence-corrected chi connectivity index (χ2v) is 8.65. The Morgan fingerprint density at radius 3 is 2.66 bits per heavy atom. The van der Waals surface area contributed by atoms with Crippen LogP contribution in [0.25, 0.3) is 0 Å². The standard InChI is InChI=1S/C23H39N5O/c1-19(27(3)16-20-7-5-4-6-8-20)15-25-23(24-2)26-22-9-12-28(13-10-22)17-21-11-14-29-18-21/h4-8,19,21-22H,9-18H2,1-3H3,(H2,24,25,26). The Balaban J connectivity index is 1.35. The molecule has 0 radical (unpaired) electrons. The Morgan fingerprint density at radius 2 is 2.00 bits per heavy atom. The van der Waals surface area contributed by atoms with Gasteiger partial charge in [-0.1, -0.05) is 30.3 Å². The van der Waals surface area contributed by atoms with Crippen molar-refractivity contribution in [3.05, 3.63) is 35.9 Å². The first-order chi connectivity index (χ1) is 14.1. The number of rotatable bonds is 8. The predicted octanol–water partition coefficient (Wildman–Crippen LogP) is 2.17. The van der Waals surface area contributed by atoms with Crippen molar-refractivity contribution >= 4 is 5.96 Å². The van der Waals surface area contributed by atoms with E-state index in [-0.39, 0.29) is 0 Å². The van der Waals surface area contributed by atoms with Crippen molar-refractivity contribution in [1.29, 1.82) is 0 Å². The van der Waals surface area contributed by atoms with E-state index in [1.165, 1.54) is 44.5 Å². The van der Waals surface area contributed by atoms with Gasteiger partial charge in [-0.3, -0.25) is 9.89 Å². The zero-order chi connectivity index (χ0) is 20.5. The summed E-state index contributed by atoms with van der Waals surface area (Å²) in [6, 6.07) is 11.6. The van der Waals surface area contributed by atoms with Gasteiger partial charge in [-0.25, -0.2) is 0 Å². The molecule has 1 aromatic rings. The Bertz CT molecular complexity index is 609. The third kappa shape index (κ3) is 7.28. The topological polar surface area (TPSA) is 52.1 Å².